The van der Waals surface area contributed by atoms with Crippen molar-refractivity contribution in [1.82, 2.24) is 4.90 Å². The van der Waals surface area contributed by atoms with Crippen molar-refractivity contribution in [3.63, 3.8) is 0 Å². The molecule has 1 aromatic carbocycles. The molecule has 1 amide bonds. The van der Waals surface area contributed by atoms with E-state index in [2.05, 4.69) is 103 Å². The summed E-state index contributed by atoms with van der Waals surface area (Å²) in [4.78, 5) is 17.9. The number of hydrogen-bond donors (Lipinski definition) is 0. The van der Waals surface area contributed by atoms with E-state index in [0.717, 1.165) is 32.4 Å². The fourth-order valence-electron chi connectivity index (χ4n) is 6.33. The Balaban J connectivity index is 1.38. The van der Waals surface area contributed by atoms with Crippen molar-refractivity contribution in [2.45, 2.75) is 82.1 Å². The molecule has 0 N–H and O–H groups in total. The van der Waals surface area contributed by atoms with Crippen molar-refractivity contribution in [2.75, 3.05) is 24.6 Å². The molecule has 0 bridgehead atoms. The van der Waals surface area contributed by atoms with E-state index in [1.807, 2.05) is 0 Å². The van der Waals surface area contributed by atoms with E-state index in [0.29, 0.717) is 25.0 Å². The lowest BCUT2D eigenvalue weighted by molar-refractivity contribution is -0.119. The molecule has 0 aromatic heterocycles. The van der Waals surface area contributed by atoms with Crippen molar-refractivity contribution in [1.29, 1.82) is 0 Å². The summed E-state index contributed by atoms with van der Waals surface area (Å²) in [6.07, 6.45) is 8.56. The predicted molar refractivity (Wildman–Crippen MR) is 147 cm³/mol. The van der Waals surface area contributed by atoms with Crippen LogP contribution >= 0.6 is 22.6 Å². The SMILES string of the molecule is CC(C)(C)[Si](C)(C)OC/C=C(\I)CN1CC[C@@]23c4ccccc4N4C(=O)CCC(=CC[C@@H]12)[C@H]43. The van der Waals surface area contributed by atoms with Crippen molar-refractivity contribution >= 4 is 42.5 Å². The third-order valence-electron chi connectivity index (χ3n) is 9.02. The van der Waals surface area contributed by atoms with Gasteiger partial charge in [0.25, 0.3) is 0 Å². The second kappa shape index (κ2) is 8.31. The van der Waals surface area contributed by atoms with E-state index in [9.17, 15) is 4.79 Å². The fourth-order valence-corrected chi connectivity index (χ4v) is 7.88. The molecule has 178 valence electrons. The molecule has 4 aliphatic rings. The summed E-state index contributed by atoms with van der Waals surface area (Å²) in [7, 11) is -1.73. The number of anilines is 1. The molecule has 2 fully saturated rings. The van der Waals surface area contributed by atoms with E-state index >= 15 is 0 Å². The van der Waals surface area contributed by atoms with E-state index < -0.39 is 8.32 Å². The first-order valence-corrected chi connectivity index (χ1v) is 16.4. The van der Waals surface area contributed by atoms with Gasteiger partial charge in [-0.25, -0.2) is 0 Å². The molecule has 0 unspecified atom stereocenters. The minimum Gasteiger partial charge on any atom is -0.413 e. The molecule has 1 aliphatic carbocycles. The number of piperidine rings is 1. The maximum atomic E-state index is 13.0. The Hall–Kier alpha value is -0.963. The molecule has 0 radical (unpaired) electrons. The third kappa shape index (κ3) is 3.71. The Labute approximate surface area is 213 Å². The Morgan fingerprint density at radius 2 is 2.03 bits per heavy atom. The molecule has 2 saturated heterocycles. The Morgan fingerprint density at radius 3 is 2.79 bits per heavy atom. The van der Waals surface area contributed by atoms with E-state index in [1.54, 1.807) is 0 Å². The van der Waals surface area contributed by atoms with Crippen LogP contribution in [0.4, 0.5) is 5.69 Å². The zero-order valence-electron chi connectivity index (χ0n) is 20.7. The number of nitrogens with zero attached hydrogens (tertiary/aromatic N) is 2. The second-order valence-electron chi connectivity index (χ2n) is 11.7. The Bertz CT molecular complexity index is 1030. The van der Waals surface area contributed by atoms with Gasteiger partial charge in [-0.2, -0.15) is 0 Å². The average molecular weight is 577 g/mol. The van der Waals surface area contributed by atoms with E-state index in [4.69, 9.17) is 4.43 Å². The smallest absolute Gasteiger partial charge is 0.227 e. The summed E-state index contributed by atoms with van der Waals surface area (Å²) in [6.45, 7) is 14.3. The maximum Gasteiger partial charge on any atom is 0.227 e. The molecular weight excluding hydrogens is 539 g/mol. The van der Waals surface area contributed by atoms with Crippen molar-refractivity contribution < 1.29 is 9.22 Å². The number of carbonyl (C=O) groups excluding carboxylic acids is 1. The first-order valence-electron chi connectivity index (χ1n) is 12.4. The number of rotatable bonds is 5. The van der Waals surface area contributed by atoms with Crippen LogP contribution in [0.15, 0.2) is 45.6 Å². The highest BCUT2D eigenvalue weighted by Gasteiger charge is 2.63. The van der Waals surface area contributed by atoms with Crippen molar-refractivity contribution in [2.24, 2.45) is 0 Å². The lowest BCUT2D eigenvalue weighted by Crippen LogP contribution is -2.58. The van der Waals surface area contributed by atoms with Crippen LogP contribution in [0.2, 0.25) is 18.1 Å². The van der Waals surface area contributed by atoms with Gasteiger partial charge in [-0.15, -0.1) is 0 Å². The first kappa shape index (κ1) is 23.8. The van der Waals surface area contributed by atoms with Crippen molar-refractivity contribution in [3.8, 4) is 0 Å². The topological polar surface area (TPSA) is 32.8 Å². The quantitative estimate of drug-likeness (QED) is 0.239. The van der Waals surface area contributed by atoms with Gasteiger partial charge >= 0.3 is 0 Å². The fraction of sp³-hybridized carbons (Fsp3) is 0.593. The summed E-state index contributed by atoms with van der Waals surface area (Å²) >= 11 is 2.51. The zero-order chi connectivity index (χ0) is 23.6. The van der Waals surface area contributed by atoms with Gasteiger partial charge in [0.05, 0.1) is 12.6 Å². The van der Waals surface area contributed by atoms with Gasteiger partial charge in [0, 0.05) is 33.7 Å². The molecule has 6 heteroatoms. The number of hydrogen-bond acceptors (Lipinski definition) is 3. The van der Waals surface area contributed by atoms with Gasteiger partial charge in [-0.05, 0) is 89.8 Å². The summed E-state index contributed by atoms with van der Waals surface area (Å²) < 4.78 is 7.76. The molecule has 33 heavy (non-hydrogen) atoms. The highest BCUT2D eigenvalue weighted by molar-refractivity contribution is 14.1. The molecule has 1 spiro atoms. The maximum absolute atomic E-state index is 13.0. The van der Waals surface area contributed by atoms with E-state index in [1.165, 1.54) is 20.4 Å². The number of fused-ring (bicyclic) bond motifs is 2. The Kier molecular flexibility index (Phi) is 5.99. The zero-order valence-corrected chi connectivity index (χ0v) is 23.8. The van der Waals surface area contributed by atoms with Crippen molar-refractivity contribution in [3.05, 3.63) is 51.1 Å². The molecule has 5 rings (SSSR count). The number of para-hydroxylation sites is 1. The minimum absolute atomic E-state index is 0.0469. The summed E-state index contributed by atoms with van der Waals surface area (Å²) in [5.41, 5.74) is 4.12. The number of likely N-dealkylation sites (tertiary alicyclic amines) is 1. The molecule has 3 heterocycles. The summed E-state index contributed by atoms with van der Waals surface area (Å²) in [5, 5.41) is 0.235. The number of amides is 1. The standard InChI is InChI=1S/C27H37IN2O2Si/c1-26(2,3)33(4,5)32-17-14-20(28)18-29-16-15-27-21-8-6-7-9-22(21)30-24(31)13-11-19(25(27)30)10-12-23(27)29/h6-10,14,23,25H,11-13,15-18H2,1-5H3/b20-14-/t23-,25+,27-/m1/s1. The molecule has 0 saturated carbocycles. The predicted octanol–water partition coefficient (Wildman–Crippen LogP) is 6.18. The van der Waals surface area contributed by atoms with Gasteiger partial charge in [0.2, 0.25) is 5.91 Å². The van der Waals surface area contributed by atoms with Gasteiger partial charge in [0.1, 0.15) is 0 Å². The van der Waals surface area contributed by atoms with Crippen LogP contribution in [0.3, 0.4) is 0 Å². The van der Waals surface area contributed by atoms with Gasteiger partial charge < -0.3 is 9.33 Å². The Morgan fingerprint density at radius 1 is 1.27 bits per heavy atom. The summed E-state index contributed by atoms with van der Waals surface area (Å²) in [5.74, 6) is 0.304. The third-order valence-corrected chi connectivity index (χ3v) is 14.3. The van der Waals surface area contributed by atoms with Crippen LogP contribution in [0.1, 0.15) is 52.0 Å². The van der Waals surface area contributed by atoms with Crippen LogP contribution in [-0.2, 0) is 14.6 Å². The highest BCUT2D eigenvalue weighted by Crippen LogP contribution is 2.60. The van der Waals surface area contributed by atoms with Crippen LogP contribution < -0.4 is 4.90 Å². The van der Waals surface area contributed by atoms with E-state index in [-0.39, 0.29) is 16.5 Å². The molecule has 1 aromatic rings. The lowest BCUT2D eigenvalue weighted by atomic mass is 9.63. The average Bonchev–Trinajstić information content (AvgIpc) is 3.27. The molecule has 4 nitrogen and oxygen atoms in total. The lowest BCUT2D eigenvalue weighted by Gasteiger charge is -2.47. The first-order chi connectivity index (χ1) is 15.6. The second-order valence-corrected chi connectivity index (χ2v) is 17.9. The molecule has 3 aliphatic heterocycles. The largest absolute Gasteiger partial charge is 0.413 e. The monoisotopic (exact) mass is 576 g/mol. The van der Waals surface area contributed by atoms with Gasteiger partial charge in [0.15, 0.2) is 8.32 Å². The molecule has 3 atom stereocenters. The number of benzene rings is 1. The van der Waals surface area contributed by atoms with Crippen LogP contribution in [0.5, 0.6) is 0 Å². The summed E-state index contributed by atoms with van der Waals surface area (Å²) in [6, 6.07) is 9.40. The van der Waals surface area contributed by atoms with Crippen LogP contribution in [0.25, 0.3) is 0 Å². The number of halogens is 1. The van der Waals surface area contributed by atoms with Gasteiger partial charge in [-0.3, -0.25) is 9.69 Å². The van der Waals surface area contributed by atoms with Gasteiger partial charge in [-0.1, -0.05) is 45.0 Å². The normalized spacial score (nSPS) is 29.6. The molecular formula is C27H37IN2O2Si. The highest BCUT2D eigenvalue weighted by atomic mass is 127. The minimum atomic E-state index is -1.73. The van der Waals surface area contributed by atoms with Crippen LogP contribution in [0, 0.1) is 0 Å². The van der Waals surface area contributed by atoms with Crippen LogP contribution in [-0.4, -0.2) is 50.9 Å². The number of carbonyl (C=O) groups is 1.